The molecule has 0 nitrogen and oxygen atoms in total. The van der Waals surface area contributed by atoms with E-state index in [2.05, 4.69) is 133 Å². The molecular formula is C36H40S. The van der Waals surface area contributed by atoms with Crippen molar-refractivity contribution >= 4 is 20.8 Å². The second-order valence-corrected chi connectivity index (χ2v) is 12.5. The Kier molecular flexibility index (Phi) is 10.0. The third kappa shape index (κ3) is 6.35. The first kappa shape index (κ1) is 26.8. The Hall–Kier alpha value is -3.29. The number of hydrogen-bond acceptors (Lipinski definition) is 0. The lowest BCUT2D eigenvalue weighted by atomic mass is 10.1. The average molecular weight is 505 g/mol. The van der Waals surface area contributed by atoms with Crippen molar-refractivity contribution < 1.29 is 0 Å². The zero-order valence-electron chi connectivity index (χ0n) is 22.4. The molecule has 0 unspecified atom stereocenters. The molecule has 0 bridgehead atoms. The summed E-state index contributed by atoms with van der Waals surface area (Å²) >= 11 is 0. The van der Waals surface area contributed by atoms with Crippen LogP contribution in [0.15, 0.2) is 148 Å². The van der Waals surface area contributed by atoms with Crippen LogP contribution in [0.25, 0.3) is 10.8 Å². The molecule has 0 aliphatic carbocycles. The van der Waals surface area contributed by atoms with Crippen molar-refractivity contribution in [2.75, 3.05) is 5.75 Å². The smallest absolute Gasteiger partial charge is 0.00601 e. The van der Waals surface area contributed by atoms with Gasteiger partial charge in [0, 0.05) is 4.90 Å². The third-order valence-corrected chi connectivity index (χ3v) is 11.1. The van der Waals surface area contributed by atoms with Crippen molar-refractivity contribution in [3.05, 3.63) is 139 Å². The van der Waals surface area contributed by atoms with E-state index in [0.717, 1.165) is 0 Å². The van der Waals surface area contributed by atoms with Crippen LogP contribution in [0.5, 0.6) is 0 Å². The summed E-state index contributed by atoms with van der Waals surface area (Å²) < 4.78 is 0. The number of fused-ring (bicyclic) bond motifs is 1. The minimum Gasteiger partial charge on any atom is -0.160 e. The maximum absolute atomic E-state index is 2.40. The molecule has 0 fully saturated rings. The van der Waals surface area contributed by atoms with Gasteiger partial charge in [-0.25, -0.2) is 0 Å². The van der Waals surface area contributed by atoms with Crippen LogP contribution in [0.4, 0.5) is 0 Å². The molecule has 0 atom stereocenters. The molecule has 0 saturated carbocycles. The summed E-state index contributed by atoms with van der Waals surface area (Å²) in [5, 5.41) is 2.72. The van der Waals surface area contributed by atoms with Gasteiger partial charge in [0.25, 0.3) is 0 Å². The van der Waals surface area contributed by atoms with Gasteiger partial charge >= 0.3 is 0 Å². The van der Waals surface area contributed by atoms with Crippen LogP contribution < -0.4 is 0 Å². The zero-order valence-corrected chi connectivity index (χ0v) is 23.2. The van der Waals surface area contributed by atoms with Crippen molar-refractivity contribution in [2.24, 2.45) is 0 Å². The molecule has 0 spiro atoms. The van der Waals surface area contributed by atoms with Crippen molar-refractivity contribution in [1.82, 2.24) is 0 Å². The molecule has 0 saturated heterocycles. The van der Waals surface area contributed by atoms with Crippen molar-refractivity contribution in [1.29, 1.82) is 0 Å². The van der Waals surface area contributed by atoms with Gasteiger partial charge in [0.15, 0.2) is 0 Å². The molecule has 0 aromatic heterocycles. The number of aryl methyl sites for hydroxylation is 1. The van der Waals surface area contributed by atoms with Gasteiger partial charge in [0.1, 0.15) is 0 Å². The summed E-state index contributed by atoms with van der Waals surface area (Å²) in [6.45, 7) is 4.00. The fourth-order valence-corrected chi connectivity index (χ4v) is 9.41. The minimum atomic E-state index is -1.40. The van der Waals surface area contributed by atoms with Gasteiger partial charge in [0.05, 0.1) is 0 Å². The van der Waals surface area contributed by atoms with E-state index in [1.165, 1.54) is 68.9 Å². The zero-order chi connectivity index (χ0) is 25.8. The number of unbranched alkanes of at least 4 members (excludes halogenated alkanes) is 3. The molecule has 0 aliphatic heterocycles. The van der Waals surface area contributed by atoms with Crippen molar-refractivity contribution in [3.8, 4) is 0 Å². The summed E-state index contributed by atoms with van der Waals surface area (Å²) in [5.41, 5.74) is 1.46. The molecule has 0 aliphatic rings. The van der Waals surface area contributed by atoms with Crippen LogP contribution in [-0.4, -0.2) is 5.75 Å². The predicted octanol–water partition coefficient (Wildman–Crippen LogP) is 11.0. The van der Waals surface area contributed by atoms with Gasteiger partial charge in [-0.15, -0.1) is 0 Å². The average Bonchev–Trinajstić information content (AvgIpc) is 2.99. The second kappa shape index (κ2) is 13.9. The highest BCUT2D eigenvalue weighted by Gasteiger charge is 2.31. The molecule has 0 amide bonds. The molecule has 1 heteroatoms. The van der Waals surface area contributed by atoms with E-state index >= 15 is 0 Å². The maximum atomic E-state index is 2.40. The summed E-state index contributed by atoms with van der Waals surface area (Å²) in [6, 6.07) is 49.3. The standard InChI is InChI=1S/C34H34S.C2H6/c1(6-17-29-18-7-3-8-19-29)2-15-28-35(31-22-9-4-10-23-31,32-24-11-5-12-25-32)34-27-16-21-30-20-13-14-26-33(30)34;1-2/h3-5,7-14,16,18-27H,1-2,6,15,17,28H2;1-2H3. The second-order valence-electron chi connectivity index (χ2n) is 9.20. The van der Waals surface area contributed by atoms with Gasteiger partial charge in [-0.2, -0.15) is 10.0 Å². The van der Waals surface area contributed by atoms with Crippen molar-refractivity contribution in [2.45, 2.75) is 60.6 Å². The van der Waals surface area contributed by atoms with Gasteiger partial charge in [-0.1, -0.05) is 130 Å². The first-order chi connectivity index (χ1) is 18.4. The number of benzene rings is 5. The molecule has 5 rings (SSSR count). The van der Waals surface area contributed by atoms with E-state index in [1.54, 1.807) is 0 Å². The maximum Gasteiger partial charge on any atom is 0.00601 e. The molecule has 37 heavy (non-hydrogen) atoms. The van der Waals surface area contributed by atoms with E-state index in [1.807, 2.05) is 13.8 Å². The summed E-state index contributed by atoms with van der Waals surface area (Å²) in [4.78, 5) is 4.43. The van der Waals surface area contributed by atoms with E-state index in [4.69, 9.17) is 0 Å². The molecule has 0 heterocycles. The SMILES string of the molecule is CC.c1ccc(CCCCCCS(c2ccccc2)(c2ccccc2)c2cccc3ccccc23)cc1. The molecule has 0 radical (unpaired) electrons. The van der Waals surface area contributed by atoms with Crippen LogP contribution >= 0.6 is 10.0 Å². The largest absolute Gasteiger partial charge is 0.160 e. The Morgan fingerprint density at radius 1 is 0.459 bits per heavy atom. The highest BCUT2D eigenvalue weighted by atomic mass is 32.3. The molecular weight excluding hydrogens is 464 g/mol. The van der Waals surface area contributed by atoms with Crippen LogP contribution in [0.3, 0.4) is 0 Å². The lowest BCUT2D eigenvalue weighted by Gasteiger charge is -2.42. The van der Waals surface area contributed by atoms with E-state index in [9.17, 15) is 0 Å². The van der Waals surface area contributed by atoms with E-state index in [-0.39, 0.29) is 0 Å². The monoisotopic (exact) mass is 504 g/mol. The minimum absolute atomic E-state index is 1.18. The third-order valence-electron chi connectivity index (χ3n) is 6.92. The van der Waals surface area contributed by atoms with E-state index < -0.39 is 10.0 Å². The summed E-state index contributed by atoms with van der Waals surface area (Å²) in [7, 11) is -1.40. The topological polar surface area (TPSA) is 0 Å². The van der Waals surface area contributed by atoms with E-state index in [0.29, 0.717) is 0 Å². The Labute approximate surface area is 225 Å². The fraction of sp³-hybridized carbons (Fsp3) is 0.222. The van der Waals surface area contributed by atoms with Crippen LogP contribution in [-0.2, 0) is 6.42 Å². The molecule has 0 N–H and O–H groups in total. The normalized spacial score (nSPS) is 11.5. The summed E-state index contributed by atoms with van der Waals surface area (Å²) in [5.74, 6) is 1.18. The quantitative estimate of drug-likeness (QED) is 0.166. The lowest BCUT2D eigenvalue weighted by molar-refractivity contribution is 0.668. The lowest BCUT2D eigenvalue weighted by Crippen LogP contribution is -2.09. The Balaban J connectivity index is 0.00000156. The van der Waals surface area contributed by atoms with Crippen molar-refractivity contribution in [3.63, 3.8) is 0 Å². The van der Waals surface area contributed by atoms with Crippen LogP contribution in [0, 0.1) is 0 Å². The fourth-order valence-electron chi connectivity index (χ4n) is 5.19. The highest BCUT2D eigenvalue weighted by molar-refractivity contribution is 8.34. The van der Waals surface area contributed by atoms with Gasteiger partial charge < -0.3 is 0 Å². The predicted molar refractivity (Wildman–Crippen MR) is 164 cm³/mol. The number of rotatable bonds is 10. The van der Waals surface area contributed by atoms with Gasteiger partial charge in [-0.05, 0) is 81.5 Å². The van der Waals surface area contributed by atoms with Gasteiger partial charge in [-0.3, -0.25) is 0 Å². The first-order valence-electron chi connectivity index (χ1n) is 13.8. The summed E-state index contributed by atoms with van der Waals surface area (Å²) in [6.07, 6.45) is 6.23. The van der Waals surface area contributed by atoms with Crippen LogP contribution in [0.1, 0.15) is 45.1 Å². The Morgan fingerprint density at radius 2 is 0.973 bits per heavy atom. The Morgan fingerprint density at radius 3 is 1.62 bits per heavy atom. The van der Waals surface area contributed by atoms with Crippen LogP contribution in [0.2, 0.25) is 0 Å². The van der Waals surface area contributed by atoms with Gasteiger partial charge in [0.2, 0.25) is 0 Å². The molecule has 190 valence electrons. The Bertz CT molecular complexity index is 1280. The molecule has 5 aromatic rings. The first-order valence-corrected chi connectivity index (χ1v) is 15.6. The highest BCUT2D eigenvalue weighted by Crippen LogP contribution is 2.69. The number of hydrogen-bond donors (Lipinski definition) is 0. The molecule has 5 aromatic carbocycles.